The first-order valence-electron chi connectivity index (χ1n) is 9.28. The molecule has 29 heavy (non-hydrogen) atoms. The summed E-state index contributed by atoms with van der Waals surface area (Å²) in [5.41, 5.74) is 2.43. The molecule has 2 fully saturated rings. The Kier molecular flexibility index (Phi) is 6.38. The first-order valence-corrected chi connectivity index (χ1v) is 10.6. The van der Waals surface area contributed by atoms with Crippen LogP contribution >= 0.6 is 0 Å². The number of pyridine rings is 1. The third-order valence-electron chi connectivity index (χ3n) is 5.08. The zero-order chi connectivity index (χ0) is 19.0. The van der Waals surface area contributed by atoms with E-state index in [-0.39, 0.29) is 47.0 Å². The number of nitrogens with zero attached hydrogens (tertiary/aromatic N) is 3. The second-order valence-electron chi connectivity index (χ2n) is 7.33. The van der Waals surface area contributed by atoms with Crippen molar-refractivity contribution in [1.82, 2.24) is 15.0 Å². The van der Waals surface area contributed by atoms with Crippen LogP contribution in [-0.2, 0) is 26.0 Å². The number of hydrogen-bond acceptors (Lipinski definition) is 6. The van der Waals surface area contributed by atoms with Gasteiger partial charge in [-0.05, 0) is 29.9 Å². The summed E-state index contributed by atoms with van der Waals surface area (Å²) in [5.74, 6) is 0.876. The second kappa shape index (κ2) is 8.83. The first kappa shape index (κ1) is 21.0. The van der Waals surface area contributed by atoms with Crippen LogP contribution < -0.4 is 39.3 Å². The molecule has 2 aliphatic rings. The van der Waals surface area contributed by atoms with Crippen LogP contribution in [0.4, 0.5) is 0 Å². The Balaban J connectivity index is 0.00000205. The van der Waals surface area contributed by atoms with E-state index in [0.717, 1.165) is 24.2 Å². The Morgan fingerprint density at radius 3 is 2.76 bits per heavy atom. The molecule has 1 aromatic carbocycles. The maximum absolute atomic E-state index is 12.6. The summed E-state index contributed by atoms with van der Waals surface area (Å²) in [5, 5.41) is 0.326. The van der Waals surface area contributed by atoms with E-state index in [0.29, 0.717) is 23.2 Å². The number of hydrogen-bond donors (Lipinski definition) is 0. The van der Waals surface area contributed by atoms with Gasteiger partial charge in [-0.2, -0.15) is 0 Å². The molecule has 0 amide bonds. The van der Waals surface area contributed by atoms with Gasteiger partial charge in [0.05, 0.1) is 35.5 Å². The van der Waals surface area contributed by atoms with Gasteiger partial charge >= 0.3 is 29.6 Å². The maximum Gasteiger partial charge on any atom is 1.00 e. The topological polar surface area (TPSA) is 84.6 Å². The Bertz CT molecular complexity index is 981. The van der Waals surface area contributed by atoms with Crippen LogP contribution in [0.3, 0.4) is 0 Å². The van der Waals surface area contributed by atoms with Gasteiger partial charge in [0.1, 0.15) is 12.4 Å². The summed E-state index contributed by atoms with van der Waals surface area (Å²) in [4.78, 5) is 13.0. The van der Waals surface area contributed by atoms with Crippen molar-refractivity contribution in [3.8, 4) is 5.75 Å². The average molecular weight is 421 g/mol. The van der Waals surface area contributed by atoms with E-state index in [9.17, 15) is 4.21 Å². The Hall–Kier alpha value is -1.29. The molecule has 0 radical (unpaired) electrons. The smallest absolute Gasteiger partial charge is 0.488 e. The van der Waals surface area contributed by atoms with E-state index in [1.54, 1.807) is 18.3 Å². The molecule has 1 unspecified atom stereocenters. The van der Waals surface area contributed by atoms with Crippen molar-refractivity contribution in [2.45, 2.75) is 30.0 Å². The van der Waals surface area contributed by atoms with E-state index in [2.05, 4.69) is 15.0 Å². The Labute approximate surface area is 193 Å². The van der Waals surface area contributed by atoms with Gasteiger partial charge in [0, 0.05) is 22.8 Å². The van der Waals surface area contributed by atoms with Crippen LogP contribution in [0, 0.1) is 5.41 Å². The normalized spacial score (nSPS) is 19.0. The zero-order valence-electron chi connectivity index (χ0n) is 16.2. The molecule has 1 aliphatic heterocycles. The molecule has 3 heterocycles. The van der Waals surface area contributed by atoms with Gasteiger partial charge in [-0.25, -0.2) is 0 Å². The summed E-state index contributed by atoms with van der Waals surface area (Å²) < 4.78 is 29.9. The van der Waals surface area contributed by atoms with Crippen LogP contribution in [0.15, 0.2) is 47.8 Å². The third-order valence-corrected chi connectivity index (χ3v) is 6.23. The molecule has 3 aromatic rings. The average Bonchev–Trinajstić information content (AvgIpc) is 3.32. The summed E-state index contributed by atoms with van der Waals surface area (Å²) in [7, 11) is -1.37. The Morgan fingerprint density at radius 2 is 2.00 bits per heavy atom. The number of imidazole rings is 1. The minimum atomic E-state index is -1.37. The van der Waals surface area contributed by atoms with Crippen LogP contribution in [-0.4, -0.2) is 40.3 Å². The number of benzene rings is 1. The summed E-state index contributed by atoms with van der Waals surface area (Å²) >= 11 is 0. The summed E-state index contributed by atoms with van der Waals surface area (Å²) in [6.45, 7) is 1.81. The molecule has 0 N–H and O–H groups in total. The van der Waals surface area contributed by atoms with E-state index in [1.165, 1.54) is 12.8 Å². The Morgan fingerprint density at radius 1 is 1.21 bits per heavy atom. The molecule has 1 saturated heterocycles. The van der Waals surface area contributed by atoms with Gasteiger partial charge in [0.2, 0.25) is 0 Å². The van der Waals surface area contributed by atoms with E-state index in [4.69, 9.17) is 14.2 Å². The van der Waals surface area contributed by atoms with Crippen molar-refractivity contribution in [2.24, 2.45) is 5.41 Å². The van der Waals surface area contributed by atoms with Crippen LogP contribution in [0.1, 0.15) is 18.5 Å². The van der Waals surface area contributed by atoms with Crippen LogP contribution in [0.5, 0.6) is 5.75 Å². The molecule has 1 spiro atoms. The number of fused-ring (bicyclic) bond motifs is 1. The molecule has 0 bridgehead atoms. The standard InChI is InChI=1S/C20H20N3O4S.Na/c24-28(19-22-16-3-1-2-4-17(16)23-19)11-14-9-15(5-8-21-14)25-10-18-26-12-20(6-7-20)13-27-18;/h1-5,8-9,18H,6-7,10-13H2;/q-1;+1. The van der Waals surface area contributed by atoms with Crippen molar-refractivity contribution in [2.75, 3.05) is 19.8 Å². The van der Waals surface area contributed by atoms with Crippen molar-refractivity contribution >= 4 is 21.8 Å². The minimum absolute atomic E-state index is 0. The molecule has 1 atom stereocenters. The molecule has 2 aromatic heterocycles. The summed E-state index contributed by atoms with van der Waals surface area (Å²) in [6, 6.07) is 11.0. The molecule has 1 aliphatic carbocycles. The molecule has 5 rings (SSSR count). The van der Waals surface area contributed by atoms with Gasteiger partial charge in [-0.3, -0.25) is 9.19 Å². The quantitative estimate of drug-likeness (QED) is 0.493. The van der Waals surface area contributed by atoms with Crippen molar-refractivity contribution < 1.29 is 48.0 Å². The molecule has 9 heteroatoms. The molecular weight excluding hydrogens is 401 g/mol. The third kappa shape index (κ3) is 4.90. The van der Waals surface area contributed by atoms with E-state index in [1.807, 2.05) is 24.3 Å². The predicted octanol–water partition coefficient (Wildman–Crippen LogP) is -0.569. The monoisotopic (exact) mass is 421 g/mol. The molecule has 1 saturated carbocycles. The minimum Gasteiger partial charge on any atom is -0.488 e. The number of ether oxygens (including phenoxy) is 3. The van der Waals surface area contributed by atoms with Gasteiger partial charge in [0.15, 0.2) is 6.29 Å². The van der Waals surface area contributed by atoms with Crippen molar-refractivity contribution in [1.29, 1.82) is 0 Å². The maximum atomic E-state index is 12.6. The fourth-order valence-electron chi connectivity index (χ4n) is 3.16. The fraction of sp³-hybridized carbons (Fsp3) is 0.400. The summed E-state index contributed by atoms with van der Waals surface area (Å²) in [6.07, 6.45) is 3.68. The van der Waals surface area contributed by atoms with Crippen molar-refractivity contribution in [3.63, 3.8) is 0 Å². The molecule has 7 nitrogen and oxygen atoms in total. The fourth-order valence-corrected chi connectivity index (χ4v) is 4.12. The van der Waals surface area contributed by atoms with Gasteiger partial charge < -0.3 is 24.2 Å². The number of para-hydroxylation sites is 2. The van der Waals surface area contributed by atoms with E-state index >= 15 is 0 Å². The van der Waals surface area contributed by atoms with Crippen LogP contribution in [0.25, 0.3) is 11.0 Å². The van der Waals surface area contributed by atoms with Gasteiger partial charge in [-0.1, -0.05) is 24.3 Å². The SMILES string of the molecule is O=S(Cc1cc(OCC2OCC3(CC3)CO2)ccn1)c1nc2ccccc2[n-]1.[Na+]. The number of aromatic nitrogens is 3. The molecular formula is C20H20N3NaO4S. The number of rotatable bonds is 6. The van der Waals surface area contributed by atoms with Crippen molar-refractivity contribution in [3.05, 3.63) is 48.3 Å². The van der Waals surface area contributed by atoms with E-state index < -0.39 is 10.8 Å². The predicted molar refractivity (Wildman–Crippen MR) is 102 cm³/mol. The van der Waals surface area contributed by atoms with Gasteiger partial charge in [0.25, 0.3) is 0 Å². The first-order chi connectivity index (χ1) is 13.7. The molecule has 146 valence electrons. The van der Waals surface area contributed by atoms with Crippen LogP contribution in [0.2, 0.25) is 0 Å². The van der Waals surface area contributed by atoms with Gasteiger partial charge in [-0.15, -0.1) is 0 Å². The largest absolute Gasteiger partial charge is 1.00 e. The zero-order valence-corrected chi connectivity index (χ0v) is 19.1. The second-order valence-corrected chi connectivity index (χ2v) is 8.68.